The van der Waals surface area contributed by atoms with Crippen molar-refractivity contribution in [2.75, 3.05) is 5.32 Å². The first-order valence-corrected chi connectivity index (χ1v) is 7.26. The fourth-order valence-corrected chi connectivity index (χ4v) is 2.91. The number of hydrogen-bond acceptors (Lipinski definition) is 3. The second-order valence-electron chi connectivity index (χ2n) is 5.39. The van der Waals surface area contributed by atoms with Gasteiger partial charge in [0, 0.05) is 18.5 Å². The zero-order valence-electron chi connectivity index (χ0n) is 12.1. The molecule has 2 aromatic heterocycles. The highest BCUT2D eigenvalue weighted by atomic mass is 19.1. The zero-order valence-corrected chi connectivity index (χ0v) is 12.1. The lowest BCUT2D eigenvalue weighted by atomic mass is 9.89. The van der Waals surface area contributed by atoms with Gasteiger partial charge in [-0.3, -0.25) is 14.3 Å². The first kappa shape index (κ1) is 13.6. The van der Waals surface area contributed by atoms with Crippen LogP contribution in [0.5, 0.6) is 0 Å². The van der Waals surface area contributed by atoms with Crippen molar-refractivity contribution < 1.29 is 9.18 Å². The molecule has 1 aromatic carbocycles. The second-order valence-corrected chi connectivity index (χ2v) is 5.39. The van der Waals surface area contributed by atoms with E-state index >= 15 is 0 Å². The van der Waals surface area contributed by atoms with Crippen molar-refractivity contribution in [1.82, 2.24) is 14.5 Å². The fourth-order valence-electron chi connectivity index (χ4n) is 2.91. The number of hydrogen-bond donors (Lipinski definition) is 1. The van der Waals surface area contributed by atoms with Crippen molar-refractivity contribution in [1.29, 1.82) is 0 Å². The third kappa shape index (κ3) is 2.28. The van der Waals surface area contributed by atoms with Crippen LogP contribution in [-0.4, -0.2) is 20.4 Å². The molecule has 0 spiro atoms. The van der Waals surface area contributed by atoms with Crippen LogP contribution in [0.4, 0.5) is 10.2 Å². The predicted molar refractivity (Wildman–Crippen MR) is 82.8 cm³/mol. The Labute approximate surface area is 131 Å². The molecular weight excluding hydrogens is 295 g/mol. The van der Waals surface area contributed by atoms with E-state index in [0.29, 0.717) is 17.1 Å². The molecule has 1 aliphatic rings. The number of fused-ring (bicyclic) bond motifs is 1. The van der Waals surface area contributed by atoms with Gasteiger partial charge in [-0.25, -0.2) is 9.37 Å². The molecule has 0 aliphatic carbocycles. The molecule has 1 atom stereocenters. The van der Waals surface area contributed by atoms with E-state index in [1.165, 1.54) is 6.07 Å². The molecule has 0 unspecified atom stereocenters. The summed E-state index contributed by atoms with van der Waals surface area (Å²) in [4.78, 5) is 20.6. The summed E-state index contributed by atoms with van der Waals surface area (Å²) >= 11 is 0. The number of imidazole rings is 1. The highest BCUT2D eigenvalue weighted by molar-refractivity contribution is 5.94. The van der Waals surface area contributed by atoms with Crippen molar-refractivity contribution in [3.63, 3.8) is 0 Å². The maximum absolute atomic E-state index is 14.1. The minimum absolute atomic E-state index is 0.156. The van der Waals surface area contributed by atoms with E-state index in [2.05, 4.69) is 15.3 Å². The normalized spacial score (nSPS) is 16.7. The van der Waals surface area contributed by atoms with Crippen molar-refractivity contribution in [3.8, 4) is 5.69 Å². The van der Waals surface area contributed by atoms with Gasteiger partial charge in [0.05, 0.1) is 17.6 Å². The zero-order chi connectivity index (χ0) is 15.8. The molecule has 114 valence electrons. The Morgan fingerprint density at radius 1 is 1.22 bits per heavy atom. The molecule has 0 saturated heterocycles. The largest absolute Gasteiger partial charge is 0.310 e. The molecule has 0 saturated carbocycles. The van der Waals surface area contributed by atoms with E-state index in [1.54, 1.807) is 47.6 Å². The van der Waals surface area contributed by atoms with E-state index in [4.69, 9.17) is 0 Å². The van der Waals surface area contributed by atoms with Crippen LogP contribution in [0.2, 0.25) is 0 Å². The van der Waals surface area contributed by atoms with E-state index < -0.39 is 5.92 Å². The van der Waals surface area contributed by atoms with Gasteiger partial charge in [-0.2, -0.15) is 0 Å². The van der Waals surface area contributed by atoms with Crippen LogP contribution >= 0.6 is 0 Å². The number of nitrogens with zero attached hydrogens (tertiary/aromatic N) is 3. The highest BCUT2D eigenvalue weighted by Crippen LogP contribution is 2.37. The number of anilines is 1. The molecule has 5 nitrogen and oxygen atoms in total. The SMILES string of the molecule is O=C1C[C@H](c2ccccc2F)c2ncn(-c3cccnc3)c2N1. The summed E-state index contributed by atoms with van der Waals surface area (Å²) < 4.78 is 15.9. The summed E-state index contributed by atoms with van der Waals surface area (Å²) in [5.41, 5.74) is 1.94. The average Bonchev–Trinajstić information content (AvgIpc) is 2.99. The van der Waals surface area contributed by atoms with Gasteiger partial charge in [0.15, 0.2) is 0 Å². The summed E-state index contributed by atoms with van der Waals surface area (Å²) in [5.74, 6) is -0.300. The van der Waals surface area contributed by atoms with Gasteiger partial charge in [-0.15, -0.1) is 0 Å². The highest BCUT2D eigenvalue weighted by Gasteiger charge is 2.32. The average molecular weight is 308 g/mol. The molecule has 1 aliphatic heterocycles. The van der Waals surface area contributed by atoms with Crippen LogP contribution in [-0.2, 0) is 4.79 Å². The van der Waals surface area contributed by atoms with Crippen molar-refractivity contribution in [2.24, 2.45) is 0 Å². The number of carbonyl (C=O) groups is 1. The number of pyridine rings is 1. The second kappa shape index (κ2) is 5.31. The third-order valence-electron chi connectivity index (χ3n) is 3.98. The van der Waals surface area contributed by atoms with E-state index in [0.717, 1.165) is 5.69 Å². The number of amides is 1. The Hall–Kier alpha value is -3.02. The maximum Gasteiger partial charge on any atom is 0.226 e. The van der Waals surface area contributed by atoms with Gasteiger partial charge in [0.2, 0.25) is 5.91 Å². The number of nitrogens with one attached hydrogen (secondary N) is 1. The monoisotopic (exact) mass is 308 g/mol. The predicted octanol–water partition coefficient (Wildman–Crippen LogP) is 2.88. The van der Waals surface area contributed by atoms with Crippen molar-refractivity contribution >= 4 is 11.7 Å². The summed E-state index contributed by atoms with van der Waals surface area (Å²) in [7, 11) is 0. The number of halogens is 1. The first-order chi connectivity index (χ1) is 11.2. The van der Waals surface area contributed by atoms with Crippen molar-refractivity contribution in [2.45, 2.75) is 12.3 Å². The Bertz CT molecular complexity index is 875. The smallest absolute Gasteiger partial charge is 0.226 e. The number of aromatic nitrogens is 3. The van der Waals surface area contributed by atoms with Crippen LogP contribution in [0.3, 0.4) is 0 Å². The quantitative estimate of drug-likeness (QED) is 0.792. The Kier molecular flexibility index (Phi) is 3.15. The summed E-state index contributed by atoms with van der Waals surface area (Å²) in [6, 6.07) is 10.2. The third-order valence-corrected chi connectivity index (χ3v) is 3.98. The Morgan fingerprint density at radius 3 is 2.87 bits per heavy atom. The molecule has 3 aromatic rings. The summed E-state index contributed by atoms with van der Waals surface area (Å²) in [6.45, 7) is 0. The van der Waals surface area contributed by atoms with E-state index in [9.17, 15) is 9.18 Å². The number of carbonyl (C=O) groups excluding carboxylic acids is 1. The van der Waals surface area contributed by atoms with Gasteiger partial charge in [-0.05, 0) is 23.8 Å². The Balaban J connectivity index is 1.85. The molecule has 6 heteroatoms. The molecule has 1 amide bonds. The van der Waals surface area contributed by atoms with Gasteiger partial charge < -0.3 is 5.32 Å². The minimum Gasteiger partial charge on any atom is -0.310 e. The van der Waals surface area contributed by atoms with Crippen LogP contribution in [0, 0.1) is 5.82 Å². The van der Waals surface area contributed by atoms with Crippen LogP contribution in [0.15, 0.2) is 55.1 Å². The lowest BCUT2D eigenvalue weighted by Gasteiger charge is -2.23. The van der Waals surface area contributed by atoms with Crippen LogP contribution in [0.1, 0.15) is 23.6 Å². The lowest BCUT2D eigenvalue weighted by molar-refractivity contribution is -0.116. The minimum atomic E-state index is -0.391. The molecule has 1 N–H and O–H groups in total. The molecule has 3 heterocycles. The van der Waals surface area contributed by atoms with Crippen LogP contribution in [0.25, 0.3) is 5.69 Å². The van der Waals surface area contributed by atoms with Gasteiger partial charge in [0.1, 0.15) is 18.0 Å². The van der Waals surface area contributed by atoms with Gasteiger partial charge >= 0.3 is 0 Å². The van der Waals surface area contributed by atoms with E-state index in [1.807, 2.05) is 6.07 Å². The standard InChI is InChI=1S/C17H13FN4O/c18-14-6-2-1-5-12(14)13-8-15(23)21-17-16(13)20-10-22(17)11-4-3-7-19-9-11/h1-7,9-10,13H,8H2,(H,21,23)/t13-/m1/s1. The van der Waals surface area contributed by atoms with Crippen molar-refractivity contribution in [3.05, 3.63) is 72.2 Å². The maximum atomic E-state index is 14.1. The fraction of sp³-hybridized carbons (Fsp3) is 0.118. The topological polar surface area (TPSA) is 59.8 Å². The van der Waals surface area contributed by atoms with Gasteiger partial charge in [-0.1, -0.05) is 18.2 Å². The first-order valence-electron chi connectivity index (χ1n) is 7.26. The molecule has 0 fully saturated rings. The molecule has 0 radical (unpaired) electrons. The number of rotatable bonds is 2. The lowest BCUT2D eigenvalue weighted by Crippen LogP contribution is -2.25. The van der Waals surface area contributed by atoms with Gasteiger partial charge in [0.25, 0.3) is 0 Å². The molecular formula is C17H13FN4O. The Morgan fingerprint density at radius 2 is 2.09 bits per heavy atom. The molecule has 4 rings (SSSR count). The van der Waals surface area contributed by atoms with E-state index in [-0.39, 0.29) is 18.1 Å². The molecule has 0 bridgehead atoms. The summed E-state index contributed by atoms with van der Waals surface area (Å²) in [6.07, 6.45) is 5.16. The number of benzene rings is 1. The van der Waals surface area contributed by atoms with Crippen LogP contribution < -0.4 is 5.32 Å². The molecule has 23 heavy (non-hydrogen) atoms. The summed E-state index contributed by atoms with van der Waals surface area (Å²) in [5, 5.41) is 2.84.